The van der Waals surface area contributed by atoms with Gasteiger partial charge in [0.05, 0.1) is 18.8 Å². The van der Waals surface area contributed by atoms with Crippen LogP contribution in [-0.4, -0.2) is 18.0 Å². The Kier molecular flexibility index (Phi) is 6.01. The Balaban J connectivity index is 1.93. The first kappa shape index (κ1) is 21.9. The Morgan fingerprint density at radius 2 is 1.52 bits per heavy atom. The number of amides is 2. The number of nitrogens with two attached hydrogens (primary N) is 1. The molecule has 0 saturated carbocycles. The van der Waals surface area contributed by atoms with E-state index in [-0.39, 0.29) is 5.92 Å². The van der Waals surface area contributed by atoms with Gasteiger partial charge >= 0.3 is 6.03 Å². The van der Waals surface area contributed by atoms with Gasteiger partial charge in [0.1, 0.15) is 5.75 Å². The van der Waals surface area contributed by atoms with Crippen LogP contribution in [0.1, 0.15) is 30.9 Å². The number of rotatable bonds is 4. The molecule has 0 bridgehead atoms. The Hall–Kier alpha value is -4.30. The number of primary amides is 1. The standard InChI is InChI=1S/C28H25N3O2/c1-18-24(17-29)27(22-15-13-21(14-16-22)20-9-5-4-6-10-20)26(19(2)31(18)28(30)32)23-11-7-8-12-25(23)33-3/h4-16,27H,1-3H3,(H2,30,32). The van der Waals surface area contributed by atoms with Gasteiger partial charge in [0.2, 0.25) is 0 Å². The van der Waals surface area contributed by atoms with E-state index in [1.54, 1.807) is 14.0 Å². The van der Waals surface area contributed by atoms with Gasteiger partial charge in [-0.1, -0.05) is 72.8 Å². The molecule has 1 atom stereocenters. The van der Waals surface area contributed by atoms with Crippen LogP contribution >= 0.6 is 0 Å². The molecule has 1 aliphatic heterocycles. The second kappa shape index (κ2) is 9.05. The summed E-state index contributed by atoms with van der Waals surface area (Å²) < 4.78 is 5.63. The maximum absolute atomic E-state index is 12.4. The summed E-state index contributed by atoms with van der Waals surface area (Å²) in [6.45, 7) is 3.62. The molecule has 164 valence electrons. The van der Waals surface area contributed by atoms with Crippen LogP contribution in [0, 0.1) is 11.3 Å². The van der Waals surface area contributed by atoms with E-state index >= 15 is 0 Å². The van der Waals surface area contributed by atoms with Crippen molar-refractivity contribution >= 4 is 11.6 Å². The first-order chi connectivity index (χ1) is 16.0. The lowest BCUT2D eigenvalue weighted by atomic mass is 9.77. The molecule has 5 heteroatoms. The molecular formula is C28H25N3O2. The van der Waals surface area contributed by atoms with Crippen LogP contribution in [0.15, 0.2) is 95.8 Å². The zero-order valence-electron chi connectivity index (χ0n) is 18.9. The van der Waals surface area contributed by atoms with E-state index in [2.05, 4.69) is 30.3 Å². The fourth-order valence-electron chi connectivity index (χ4n) is 4.58. The Morgan fingerprint density at radius 1 is 0.909 bits per heavy atom. The van der Waals surface area contributed by atoms with Crippen molar-refractivity contribution < 1.29 is 9.53 Å². The van der Waals surface area contributed by atoms with Gasteiger partial charge in [-0.05, 0) is 42.2 Å². The summed E-state index contributed by atoms with van der Waals surface area (Å²) in [7, 11) is 1.61. The Labute approximate surface area is 194 Å². The third-order valence-corrected chi connectivity index (χ3v) is 6.12. The van der Waals surface area contributed by atoms with Crippen molar-refractivity contribution in [2.45, 2.75) is 19.8 Å². The van der Waals surface area contributed by atoms with Crippen LogP contribution in [0.4, 0.5) is 4.79 Å². The molecule has 2 amide bonds. The van der Waals surface area contributed by atoms with E-state index in [1.165, 1.54) is 4.90 Å². The van der Waals surface area contributed by atoms with Crippen LogP contribution in [0.25, 0.3) is 16.7 Å². The van der Waals surface area contributed by atoms with Gasteiger partial charge in [0.15, 0.2) is 0 Å². The average molecular weight is 436 g/mol. The molecule has 1 unspecified atom stereocenters. The number of carbonyl (C=O) groups is 1. The number of nitriles is 1. The maximum Gasteiger partial charge on any atom is 0.323 e. The Morgan fingerprint density at radius 3 is 2.12 bits per heavy atom. The molecular weight excluding hydrogens is 410 g/mol. The van der Waals surface area contributed by atoms with Gasteiger partial charge in [0.25, 0.3) is 0 Å². The summed E-state index contributed by atoms with van der Waals surface area (Å²) in [5.41, 5.74) is 12.2. The molecule has 0 saturated heterocycles. The van der Waals surface area contributed by atoms with Crippen molar-refractivity contribution in [2.75, 3.05) is 7.11 Å². The lowest BCUT2D eigenvalue weighted by molar-refractivity contribution is 0.229. The first-order valence-corrected chi connectivity index (χ1v) is 10.7. The van der Waals surface area contributed by atoms with E-state index in [0.717, 1.165) is 27.8 Å². The summed E-state index contributed by atoms with van der Waals surface area (Å²) in [5, 5.41) is 10.2. The molecule has 1 heterocycles. The number of methoxy groups -OCH3 is 1. The van der Waals surface area contributed by atoms with E-state index in [9.17, 15) is 10.1 Å². The summed E-state index contributed by atoms with van der Waals surface area (Å²) in [4.78, 5) is 13.8. The van der Waals surface area contributed by atoms with E-state index in [0.29, 0.717) is 22.7 Å². The third-order valence-electron chi connectivity index (χ3n) is 6.12. The topological polar surface area (TPSA) is 79.3 Å². The van der Waals surface area contributed by atoms with Crippen molar-refractivity contribution in [2.24, 2.45) is 5.73 Å². The molecule has 0 aromatic heterocycles. The normalized spacial score (nSPS) is 15.9. The molecule has 0 aliphatic carbocycles. The quantitative estimate of drug-likeness (QED) is 0.540. The molecule has 33 heavy (non-hydrogen) atoms. The molecule has 1 aliphatic rings. The second-order valence-corrected chi connectivity index (χ2v) is 7.90. The summed E-state index contributed by atoms with van der Waals surface area (Å²) in [5.74, 6) is 0.297. The van der Waals surface area contributed by atoms with Gasteiger partial charge in [0, 0.05) is 22.9 Å². The predicted molar refractivity (Wildman–Crippen MR) is 130 cm³/mol. The Bertz CT molecular complexity index is 1300. The van der Waals surface area contributed by atoms with Crippen LogP contribution in [0.3, 0.4) is 0 Å². The SMILES string of the molecule is COc1ccccc1C1=C(C)N(C(N)=O)C(C)=C(C#N)C1c1ccc(-c2ccccc2)cc1. The number of para-hydroxylation sites is 1. The van der Waals surface area contributed by atoms with E-state index < -0.39 is 6.03 Å². The number of carbonyl (C=O) groups excluding carboxylic acids is 1. The molecule has 3 aromatic rings. The molecule has 5 nitrogen and oxygen atoms in total. The molecule has 4 rings (SSSR count). The first-order valence-electron chi connectivity index (χ1n) is 10.7. The molecule has 3 aromatic carbocycles. The van der Waals surface area contributed by atoms with Crippen LogP contribution in [0.5, 0.6) is 5.75 Å². The number of hydrogen-bond acceptors (Lipinski definition) is 3. The van der Waals surface area contributed by atoms with Crippen molar-refractivity contribution in [1.29, 1.82) is 5.26 Å². The summed E-state index contributed by atoms with van der Waals surface area (Å²) in [6, 6.07) is 27.7. The van der Waals surface area contributed by atoms with Gasteiger partial charge in [-0.15, -0.1) is 0 Å². The molecule has 0 radical (unpaired) electrons. The van der Waals surface area contributed by atoms with Gasteiger partial charge in [-0.25, -0.2) is 4.79 Å². The lowest BCUT2D eigenvalue weighted by Crippen LogP contribution is -2.37. The highest BCUT2D eigenvalue weighted by atomic mass is 16.5. The highest BCUT2D eigenvalue weighted by molar-refractivity contribution is 5.88. The lowest BCUT2D eigenvalue weighted by Gasteiger charge is -2.36. The van der Waals surface area contributed by atoms with Crippen molar-refractivity contribution in [1.82, 2.24) is 4.90 Å². The fourth-order valence-corrected chi connectivity index (χ4v) is 4.58. The predicted octanol–water partition coefficient (Wildman–Crippen LogP) is 6.07. The third kappa shape index (κ3) is 3.88. The monoisotopic (exact) mass is 435 g/mol. The van der Waals surface area contributed by atoms with Crippen LogP contribution in [-0.2, 0) is 0 Å². The molecule has 0 fully saturated rings. The average Bonchev–Trinajstić information content (AvgIpc) is 2.84. The smallest absolute Gasteiger partial charge is 0.323 e. The minimum atomic E-state index is -0.622. The number of benzene rings is 3. The maximum atomic E-state index is 12.4. The largest absolute Gasteiger partial charge is 0.496 e. The van der Waals surface area contributed by atoms with Crippen molar-refractivity contribution in [3.05, 3.63) is 107 Å². The number of nitrogens with zero attached hydrogens (tertiary/aromatic N) is 2. The number of ether oxygens (including phenoxy) is 1. The summed E-state index contributed by atoms with van der Waals surface area (Å²) >= 11 is 0. The molecule has 0 spiro atoms. The fraction of sp³-hybridized carbons (Fsp3) is 0.143. The number of urea groups is 1. The van der Waals surface area contributed by atoms with Gasteiger partial charge < -0.3 is 10.5 Å². The van der Waals surface area contributed by atoms with Crippen LogP contribution < -0.4 is 10.5 Å². The number of allylic oxidation sites excluding steroid dienone is 4. The number of hydrogen-bond donors (Lipinski definition) is 1. The second-order valence-electron chi connectivity index (χ2n) is 7.90. The highest BCUT2D eigenvalue weighted by Gasteiger charge is 2.36. The summed E-state index contributed by atoms with van der Waals surface area (Å²) in [6.07, 6.45) is 0. The van der Waals surface area contributed by atoms with E-state index in [1.807, 2.05) is 61.5 Å². The minimum Gasteiger partial charge on any atom is -0.496 e. The minimum absolute atomic E-state index is 0.369. The molecule has 2 N–H and O–H groups in total. The zero-order valence-corrected chi connectivity index (χ0v) is 18.9. The van der Waals surface area contributed by atoms with E-state index in [4.69, 9.17) is 10.5 Å². The van der Waals surface area contributed by atoms with Crippen molar-refractivity contribution in [3.8, 4) is 22.9 Å². The van der Waals surface area contributed by atoms with Crippen molar-refractivity contribution in [3.63, 3.8) is 0 Å². The van der Waals surface area contributed by atoms with Gasteiger partial charge in [-0.3, -0.25) is 4.90 Å². The zero-order chi connectivity index (χ0) is 23.5. The van der Waals surface area contributed by atoms with Crippen LogP contribution in [0.2, 0.25) is 0 Å². The highest BCUT2D eigenvalue weighted by Crippen LogP contribution is 2.48. The van der Waals surface area contributed by atoms with Gasteiger partial charge in [-0.2, -0.15) is 5.26 Å².